The van der Waals surface area contributed by atoms with Crippen molar-refractivity contribution in [3.05, 3.63) is 18.2 Å². The number of hydrogen-bond acceptors (Lipinski definition) is 6. The quantitative estimate of drug-likeness (QED) is 0.643. The molecule has 0 N–H and O–H groups in total. The Morgan fingerprint density at radius 3 is 2.39 bits per heavy atom. The van der Waals surface area contributed by atoms with E-state index in [4.69, 9.17) is 14.2 Å². The number of nitrogens with zero attached hydrogens (tertiary/aromatic N) is 2. The molecule has 2 fully saturated rings. The molecule has 0 aliphatic carbocycles. The van der Waals surface area contributed by atoms with Crippen LogP contribution >= 0.6 is 0 Å². The molecule has 0 bridgehead atoms. The second-order valence-electron chi connectivity index (χ2n) is 8.40. The van der Waals surface area contributed by atoms with Crippen LogP contribution in [0.2, 0.25) is 0 Å². The lowest BCUT2D eigenvalue weighted by Crippen LogP contribution is -2.51. The van der Waals surface area contributed by atoms with Gasteiger partial charge in [-0.3, -0.25) is 14.4 Å². The maximum absolute atomic E-state index is 12.9. The van der Waals surface area contributed by atoms with Gasteiger partial charge in [-0.25, -0.2) is 0 Å². The summed E-state index contributed by atoms with van der Waals surface area (Å²) in [4.78, 5) is 41.6. The summed E-state index contributed by atoms with van der Waals surface area (Å²) in [5.41, 5.74) is 0.573. The van der Waals surface area contributed by atoms with Crippen molar-refractivity contribution in [2.24, 2.45) is 5.92 Å². The number of benzene rings is 1. The van der Waals surface area contributed by atoms with Crippen LogP contribution in [-0.4, -0.2) is 61.6 Å². The van der Waals surface area contributed by atoms with Crippen LogP contribution in [0.3, 0.4) is 0 Å². The predicted octanol–water partition coefficient (Wildman–Crippen LogP) is 2.78. The highest BCUT2D eigenvalue weighted by Gasteiger charge is 2.39. The highest BCUT2D eigenvalue weighted by atomic mass is 16.5. The number of carbonyl (C=O) groups excluding carboxylic acids is 3. The van der Waals surface area contributed by atoms with Gasteiger partial charge in [0.15, 0.2) is 6.10 Å². The van der Waals surface area contributed by atoms with Gasteiger partial charge in [0.25, 0.3) is 5.91 Å². The molecule has 0 aromatic heterocycles. The predicted molar refractivity (Wildman–Crippen MR) is 115 cm³/mol. The highest BCUT2D eigenvalue weighted by molar-refractivity contribution is 6.01. The van der Waals surface area contributed by atoms with Crippen LogP contribution in [-0.2, 0) is 19.1 Å². The average Bonchev–Trinajstić information content (AvgIpc) is 3.14. The third-order valence-corrected chi connectivity index (χ3v) is 6.22. The summed E-state index contributed by atoms with van der Waals surface area (Å²) in [7, 11) is 3.07. The van der Waals surface area contributed by atoms with Crippen molar-refractivity contribution >= 4 is 23.5 Å². The molecule has 0 radical (unpaired) electrons. The summed E-state index contributed by atoms with van der Waals surface area (Å²) >= 11 is 0. The standard InChI is InChI=1S/C23H32N2O6/c1-14-7-6-8-15(2)25(14)22(27)16(3)31-23(28)17-11-21(26)24(13-17)19-10-9-18(29-4)12-20(19)30-5/h9-10,12,14-17H,6-8,11,13H2,1-5H3/t14-,15-,16-,17-/m1/s1. The summed E-state index contributed by atoms with van der Waals surface area (Å²) in [6.07, 6.45) is 2.15. The van der Waals surface area contributed by atoms with E-state index in [-0.39, 0.29) is 36.9 Å². The maximum Gasteiger partial charge on any atom is 0.312 e. The number of amides is 2. The fourth-order valence-corrected chi connectivity index (χ4v) is 4.49. The minimum Gasteiger partial charge on any atom is -0.497 e. The molecule has 2 amide bonds. The normalized spacial score (nSPS) is 24.7. The van der Waals surface area contributed by atoms with E-state index >= 15 is 0 Å². The number of anilines is 1. The molecular weight excluding hydrogens is 400 g/mol. The van der Waals surface area contributed by atoms with Crippen LogP contribution in [0.1, 0.15) is 46.5 Å². The lowest BCUT2D eigenvalue weighted by atomic mass is 9.97. The molecule has 1 aromatic rings. The van der Waals surface area contributed by atoms with E-state index in [1.54, 1.807) is 32.2 Å². The lowest BCUT2D eigenvalue weighted by molar-refractivity contribution is -0.164. The Kier molecular flexibility index (Phi) is 7.08. The summed E-state index contributed by atoms with van der Waals surface area (Å²) in [6.45, 7) is 5.84. The van der Waals surface area contributed by atoms with Gasteiger partial charge >= 0.3 is 5.97 Å². The first-order valence-electron chi connectivity index (χ1n) is 10.8. The Morgan fingerprint density at radius 2 is 1.77 bits per heavy atom. The molecule has 2 heterocycles. The second-order valence-corrected chi connectivity index (χ2v) is 8.40. The molecule has 4 atom stereocenters. The highest BCUT2D eigenvalue weighted by Crippen LogP contribution is 2.36. The maximum atomic E-state index is 12.9. The number of hydrogen-bond donors (Lipinski definition) is 0. The SMILES string of the molecule is COc1ccc(N2C[C@H](C(=O)O[C@H](C)C(=O)N3[C@H](C)CCC[C@H]3C)CC2=O)c(OC)c1. The van der Waals surface area contributed by atoms with Crippen LogP contribution in [0.5, 0.6) is 11.5 Å². The topological polar surface area (TPSA) is 85.4 Å². The van der Waals surface area contributed by atoms with Crippen LogP contribution in [0.4, 0.5) is 5.69 Å². The van der Waals surface area contributed by atoms with E-state index in [1.807, 2.05) is 18.7 Å². The minimum absolute atomic E-state index is 0.0332. The molecular formula is C23H32N2O6. The van der Waals surface area contributed by atoms with Gasteiger partial charge in [-0.2, -0.15) is 0 Å². The second kappa shape index (κ2) is 9.58. The molecule has 1 aromatic carbocycles. The Hall–Kier alpha value is -2.77. The number of piperidine rings is 1. The zero-order valence-electron chi connectivity index (χ0n) is 18.9. The van der Waals surface area contributed by atoms with E-state index in [9.17, 15) is 14.4 Å². The first-order chi connectivity index (χ1) is 14.8. The van der Waals surface area contributed by atoms with Crippen molar-refractivity contribution in [3.63, 3.8) is 0 Å². The molecule has 0 spiro atoms. The van der Waals surface area contributed by atoms with Crippen molar-refractivity contribution < 1.29 is 28.6 Å². The fourth-order valence-electron chi connectivity index (χ4n) is 4.49. The third kappa shape index (κ3) is 4.78. The van der Waals surface area contributed by atoms with Crippen molar-refractivity contribution in [1.82, 2.24) is 4.90 Å². The van der Waals surface area contributed by atoms with Gasteiger partial charge in [-0.05, 0) is 52.2 Å². The Balaban J connectivity index is 1.66. The summed E-state index contributed by atoms with van der Waals surface area (Å²) in [5.74, 6) is -0.434. The zero-order chi connectivity index (χ0) is 22.7. The molecule has 3 rings (SSSR count). The molecule has 2 aliphatic heterocycles. The summed E-state index contributed by atoms with van der Waals surface area (Å²) in [5, 5.41) is 0. The third-order valence-electron chi connectivity index (χ3n) is 6.22. The molecule has 2 saturated heterocycles. The number of ether oxygens (including phenoxy) is 3. The molecule has 8 heteroatoms. The lowest BCUT2D eigenvalue weighted by Gasteiger charge is -2.40. The number of carbonyl (C=O) groups is 3. The van der Waals surface area contributed by atoms with E-state index in [0.29, 0.717) is 17.2 Å². The molecule has 2 aliphatic rings. The Labute approximate surface area is 183 Å². The van der Waals surface area contributed by atoms with E-state index in [1.165, 1.54) is 12.0 Å². The molecule has 170 valence electrons. The van der Waals surface area contributed by atoms with E-state index in [0.717, 1.165) is 19.3 Å². The van der Waals surface area contributed by atoms with Crippen molar-refractivity contribution in [2.45, 2.75) is 64.6 Å². The van der Waals surface area contributed by atoms with Crippen molar-refractivity contribution in [3.8, 4) is 11.5 Å². The van der Waals surface area contributed by atoms with E-state index < -0.39 is 18.0 Å². The van der Waals surface area contributed by atoms with Gasteiger partial charge in [-0.1, -0.05) is 0 Å². The van der Waals surface area contributed by atoms with Gasteiger partial charge in [0, 0.05) is 31.1 Å². The van der Waals surface area contributed by atoms with Crippen molar-refractivity contribution in [2.75, 3.05) is 25.7 Å². The van der Waals surface area contributed by atoms with Gasteiger partial charge in [0.1, 0.15) is 11.5 Å². The van der Waals surface area contributed by atoms with Crippen LogP contribution < -0.4 is 14.4 Å². The van der Waals surface area contributed by atoms with Crippen LogP contribution in [0, 0.1) is 5.92 Å². The molecule has 31 heavy (non-hydrogen) atoms. The fraction of sp³-hybridized carbons (Fsp3) is 0.609. The molecule has 0 unspecified atom stereocenters. The number of rotatable bonds is 6. The van der Waals surface area contributed by atoms with Gasteiger partial charge in [-0.15, -0.1) is 0 Å². The molecule has 0 saturated carbocycles. The van der Waals surface area contributed by atoms with Crippen LogP contribution in [0.15, 0.2) is 18.2 Å². The molecule has 8 nitrogen and oxygen atoms in total. The Morgan fingerprint density at radius 1 is 1.10 bits per heavy atom. The number of methoxy groups -OCH3 is 2. The van der Waals surface area contributed by atoms with Gasteiger partial charge in [0.2, 0.25) is 5.91 Å². The first-order valence-corrected chi connectivity index (χ1v) is 10.8. The average molecular weight is 433 g/mol. The Bertz CT molecular complexity index is 831. The minimum atomic E-state index is -0.879. The summed E-state index contributed by atoms with van der Waals surface area (Å²) < 4.78 is 16.1. The van der Waals surface area contributed by atoms with Crippen LogP contribution in [0.25, 0.3) is 0 Å². The van der Waals surface area contributed by atoms with Crippen molar-refractivity contribution in [1.29, 1.82) is 0 Å². The summed E-state index contributed by atoms with van der Waals surface area (Å²) in [6, 6.07) is 5.41. The number of esters is 1. The monoisotopic (exact) mass is 432 g/mol. The first kappa shape index (κ1) is 22.9. The van der Waals surface area contributed by atoms with Gasteiger partial charge in [0.05, 0.1) is 25.8 Å². The zero-order valence-corrected chi connectivity index (χ0v) is 18.9. The van der Waals surface area contributed by atoms with E-state index in [2.05, 4.69) is 0 Å². The smallest absolute Gasteiger partial charge is 0.312 e. The van der Waals surface area contributed by atoms with Gasteiger partial charge < -0.3 is 24.0 Å². The largest absolute Gasteiger partial charge is 0.497 e. The number of likely N-dealkylation sites (tertiary alicyclic amines) is 1.